The summed E-state index contributed by atoms with van der Waals surface area (Å²) in [6, 6.07) is 5.61. The molecule has 0 saturated heterocycles. The van der Waals surface area contributed by atoms with Crippen LogP contribution in [-0.4, -0.2) is 21.0 Å². The Labute approximate surface area is 118 Å². The van der Waals surface area contributed by atoms with Crippen molar-refractivity contribution in [2.75, 3.05) is 11.5 Å². The maximum atomic E-state index is 13.9. The van der Waals surface area contributed by atoms with Crippen LogP contribution in [0, 0.1) is 5.82 Å². The highest BCUT2D eigenvalue weighted by Crippen LogP contribution is 2.24. The van der Waals surface area contributed by atoms with Crippen LogP contribution in [0.1, 0.15) is 15.9 Å². The first-order chi connectivity index (χ1) is 9.47. The summed E-state index contributed by atoms with van der Waals surface area (Å²) >= 11 is 1.12. The molecule has 2 aromatic rings. The zero-order valence-electron chi connectivity index (χ0n) is 10.2. The van der Waals surface area contributed by atoms with E-state index in [4.69, 9.17) is 16.6 Å². The molecule has 5 N–H and O–H groups in total. The van der Waals surface area contributed by atoms with E-state index in [1.807, 2.05) is 0 Å². The number of halogens is 1. The third-order valence-corrected chi connectivity index (χ3v) is 3.31. The van der Waals surface area contributed by atoms with E-state index in [9.17, 15) is 9.18 Å². The Morgan fingerprint density at radius 1 is 1.30 bits per heavy atom. The summed E-state index contributed by atoms with van der Waals surface area (Å²) in [6.07, 6.45) is 0. The van der Waals surface area contributed by atoms with Gasteiger partial charge in [-0.2, -0.15) is 0 Å². The molecule has 0 amide bonds. The number of rotatable bonds is 4. The molecule has 0 saturated carbocycles. The van der Waals surface area contributed by atoms with Crippen molar-refractivity contribution in [3.05, 3.63) is 41.2 Å². The van der Waals surface area contributed by atoms with Gasteiger partial charge >= 0.3 is 5.97 Å². The van der Waals surface area contributed by atoms with E-state index in [0.717, 1.165) is 11.8 Å². The minimum atomic E-state index is -1.31. The summed E-state index contributed by atoms with van der Waals surface area (Å²) in [4.78, 5) is 18.7. The second kappa shape index (κ2) is 5.74. The molecular weight excluding hydrogens is 283 g/mol. The molecule has 0 unspecified atom stereocenters. The number of aromatic carboxylic acids is 1. The Morgan fingerprint density at radius 3 is 2.55 bits per heavy atom. The molecular formula is C12H11FN4O2S. The highest BCUT2D eigenvalue weighted by Gasteiger charge is 2.14. The number of aromatic nitrogens is 2. The lowest BCUT2D eigenvalue weighted by Gasteiger charge is -2.05. The van der Waals surface area contributed by atoms with Crippen LogP contribution in [0.3, 0.4) is 0 Å². The predicted molar refractivity (Wildman–Crippen MR) is 73.8 cm³/mol. The van der Waals surface area contributed by atoms with Gasteiger partial charge in [0, 0.05) is 11.8 Å². The zero-order chi connectivity index (χ0) is 14.7. The lowest BCUT2D eigenvalue weighted by atomic mass is 10.1. The summed E-state index contributed by atoms with van der Waals surface area (Å²) in [5.74, 6) is -1.45. The van der Waals surface area contributed by atoms with Crippen molar-refractivity contribution in [3.8, 4) is 0 Å². The maximum absolute atomic E-state index is 13.9. The fourth-order valence-corrected chi connectivity index (χ4v) is 2.37. The summed E-state index contributed by atoms with van der Waals surface area (Å²) in [5.41, 5.74) is 10.9. The van der Waals surface area contributed by atoms with Crippen LogP contribution in [-0.2, 0) is 5.75 Å². The molecule has 0 aliphatic carbocycles. The Hall–Kier alpha value is -2.35. The third kappa shape index (κ3) is 3.15. The van der Waals surface area contributed by atoms with Crippen LogP contribution in [0.4, 0.5) is 16.0 Å². The quantitative estimate of drug-likeness (QED) is 0.581. The molecule has 0 bridgehead atoms. The smallest absolute Gasteiger partial charge is 0.338 e. The van der Waals surface area contributed by atoms with Crippen molar-refractivity contribution in [1.29, 1.82) is 0 Å². The average Bonchev–Trinajstić information content (AvgIpc) is 2.36. The molecule has 2 rings (SSSR count). The number of hydrogen-bond donors (Lipinski definition) is 3. The fraction of sp³-hybridized carbons (Fsp3) is 0.0833. The average molecular weight is 294 g/mol. The van der Waals surface area contributed by atoms with Crippen LogP contribution >= 0.6 is 11.8 Å². The van der Waals surface area contributed by atoms with E-state index >= 15 is 0 Å². The maximum Gasteiger partial charge on any atom is 0.338 e. The topological polar surface area (TPSA) is 115 Å². The van der Waals surface area contributed by atoms with Crippen molar-refractivity contribution >= 4 is 29.4 Å². The largest absolute Gasteiger partial charge is 0.478 e. The molecule has 0 radical (unpaired) electrons. The number of benzene rings is 1. The zero-order valence-corrected chi connectivity index (χ0v) is 11.0. The second-order valence-electron chi connectivity index (χ2n) is 3.87. The van der Waals surface area contributed by atoms with Crippen LogP contribution < -0.4 is 11.5 Å². The van der Waals surface area contributed by atoms with E-state index in [-0.39, 0.29) is 28.5 Å². The van der Waals surface area contributed by atoms with Gasteiger partial charge in [0.25, 0.3) is 0 Å². The number of carboxylic acids is 1. The van der Waals surface area contributed by atoms with Gasteiger partial charge in [0.2, 0.25) is 0 Å². The van der Waals surface area contributed by atoms with Gasteiger partial charge in [-0.25, -0.2) is 19.2 Å². The van der Waals surface area contributed by atoms with E-state index in [2.05, 4.69) is 9.97 Å². The number of carboxylic acid groups (broad SMARTS) is 1. The molecule has 8 heteroatoms. The highest BCUT2D eigenvalue weighted by molar-refractivity contribution is 7.98. The Kier molecular flexibility index (Phi) is 4.04. The first kappa shape index (κ1) is 14.1. The first-order valence-electron chi connectivity index (χ1n) is 5.51. The number of anilines is 2. The number of nitrogens with two attached hydrogens (primary N) is 2. The lowest BCUT2D eigenvalue weighted by Crippen LogP contribution is -2.03. The van der Waals surface area contributed by atoms with Crippen molar-refractivity contribution < 1.29 is 14.3 Å². The Morgan fingerprint density at radius 2 is 1.95 bits per heavy atom. The summed E-state index contributed by atoms with van der Waals surface area (Å²) < 4.78 is 13.9. The Balaban J connectivity index is 2.19. The standard InChI is InChI=1S/C12H11FN4O2S/c13-10-6(2-1-3-7(10)11(18)19)5-20-12-16-8(14)4-9(15)17-12/h1-4H,5H2,(H,18,19)(H4,14,15,16,17). The molecule has 6 nitrogen and oxygen atoms in total. The van der Waals surface area contributed by atoms with Crippen molar-refractivity contribution in [3.63, 3.8) is 0 Å². The van der Waals surface area contributed by atoms with Crippen LogP contribution in [0.2, 0.25) is 0 Å². The van der Waals surface area contributed by atoms with Gasteiger partial charge in [0.05, 0.1) is 5.56 Å². The molecule has 1 aromatic heterocycles. The third-order valence-electron chi connectivity index (χ3n) is 2.41. The van der Waals surface area contributed by atoms with Gasteiger partial charge < -0.3 is 16.6 Å². The first-order valence-corrected chi connectivity index (χ1v) is 6.49. The normalized spacial score (nSPS) is 10.4. The van der Waals surface area contributed by atoms with Crippen LogP contribution in [0.15, 0.2) is 29.4 Å². The van der Waals surface area contributed by atoms with Crippen molar-refractivity contribution in [2.45, 2.75) is 10.9 Å². The summed E-state index contributed by atoms with van der Waals surface area (Å²) in [7, 11) is 0. The number of nitrogens with zero attached hydrogens (tertiary/aromatic N) is 2. The molecule has 1 heterocycles. The van der Waals surface area contributed by atoms with Gasteiger partial charge in [-0.3, -0.25) is 0 Å². The van der Waals surface area contributed by atoms with Gasteiger partial charge in [-0.05, 0) is 11.6 Å². The minimum absolute atomic E-state index is 0.176. The van der Waals surface area contributed by atoms with Crippen molar-refractivity contribution in [1.82, 2.24) is 9.97 Å². The van der Waals surface area contributed by atoms with Gasteiger partial charge in [0.1, 0.15) is 17.5 Å². The minimum Gasteiger partial charge on any atom is -0.478 e. The van der Waals surface area contributed by atoms with Gasteiger partial charge in [-0.1, -0.05) is 23.9 Å². The van der Waals surface area contributed by atoms with E-state index in [1.54, 1.807) is 0 Å². The Bertz CT molecular complexity index is 646. The second-order valence-corrected chi connectivity index (χ2v) is 4.82. The van der Waals surface area contributed by atoms with E-state index in [0.29, 0.717) is 5.16 Å². The highest BCUT2D eigenvalue weighted by atomic mass is 32.2. The molecule has 1 aromatic carbocycles. The molecule has 20 heavy (non-hydrogen) atoms. The predicted octanol–water partition coefficient (Wildman–Crippen LogP) is 1.77. The van der Waals surface area contributed by atoms with Gasteiger partial charge in [-0.15, -0.1) is 0 Å². The number of thioether (sulfide) groups is 1. The monoisotopic (exact) mass is 294 g/mol. The van der Waals surface area contributed by atoms with Crippen molar-refractivity contribution in [2.24, 2.45) is 0 Å². The van der Waals surface area contributed by atoms with Gasteiger partial charge in [0.15, 0.2) is 5.16 Å². The fourth-order valence-electron chi connectivity index (χ4n) is 1.53. The van der Waals surface area contributed by atoms with E-state index in [1.165, 1.54) is 24.3 Å². The molecule has 104 valence electrons. The number of nitrogen functional groups attached to an aromatic ring is 2. The number of carbonyl (C=O) groups is 1. The lowest BCUT2D eigenvalue weighted by molar-refractivity contribution is 0.0691. The molecule has 0 spiro atoms. The molecule has 0 atom stereocenters. The summed E-state index contributed by atoms with van der Waals surface area (Å²) in [6.45, 7) is 0. The SMILES string of the molecule is Nc1cc(N)nc(SCc2cccc(C(=O)O)c2F)n1. The van der Waals surface area contributed by atoms with E-state index < -0.39 is 11.8 Å². The van der Waals surface area contributed by atoms with Crippen LogP contribution in [0.25, 0.3) is 0 Å². The molecule has 0 aliphatic rings. The molecule has 0 fully saturated rings. The summed E-state index contributed by atoms with van der Waals surface area (Å²) in [5, 5.41) is 9.15. The molecule has 0 aliphatic heterocycles. The number of hydrogen-bond acceptors (Lipinski definition) is 6. The van der Waals surface area contributed by atoms with Crippen LogP contribution in [0.5, 0.6) is 0 Å².